The lowest BCUT2D eigenvalue weighted by Crippen LogP contribution is -2.43. The van der Waals surface area contributed by atoms with Gasteiger partial charge in [0.15, 0.2) is 0 Å². The van der Waals surface area contributed by atoms with E-state index in [9.17, 15) is 19.5 Å². The van der Waals surface area contributed by atoms with Crippen LogP contribution in [0.15, 0.2) is 48.5 Å². The number of benzene rings is 2. The van der Waals surface area contributed by atoms with Crippen molar-refractivity contribution in [3.63, 3.8) is 0 Å². The number of hydrogen-bond donors (Lipinski definition) is 3. The Bertz CT molecular complexity index is 1100. The van der Waals surface area contributed by atoms with Crippen molar-refractivity contribution in [3.8, 4) is 11.1 Å². The molecule has 3 N–H and O–H groups in total. The van der Waals surface area contributed by atoms with Crippen LogP contribution in [0.3, 0.4) is 0 Å². The zero-order valence-electron chi connectivity index (χ0n) is 19.7. The van der Waals surface area contributed by atoms with Crippen molar-refractivity contribution in [3.05, 3.63) is 59.7 Å². The predicted molar refractivity (Wildman–Crippen MR) is 128 cm³/mol. The van der Waals surface area contributed by atoms with Crippen LogP contribution >= 0.6 is 0 Å². The number of aliphatic carboxylic acids is 1. The molecule has 5 rings (SSSR count). The SMILES string of the molecule is COC(CCNC(=O)OCC1c2ccccc2-c2ccccc21)C(=O)NC1CC2CC2(C(=O)O)C1. The van der Waals surface area contributed by atoms with E-state index >= 15 is 0 Å². The van der Waals surface area contributed by atoms with Crippen LogP contribution in [0.25, 0.3) is 11.1 Å². The molecule has 2 aromatic rings. The molecule has 0 aromatic heterocycles. The first kappa shape index (κ1) is 23.4. The number of hydrogen-bond acceptors (Lipinski definition) is 5. The highest BCUT2D eigenvalue weighted by Crippen LogP contribution is 2.63. The Balaban J connectivity index is 1.08. The lowest BCUT2D eigenvalue weighted by molar-refractivity contribution is -0.144. The minimum atomic E-state index is -0.769. The van der Waals surface area contributed by atoms with Crippen molar-refractivity contribution >= 4 is 18.0 Å². The molecular weight excluding hydrogens is 448 g/mol. The van der Waals surface area contributed by atoms with Crippen LogP contribution < -0.4 is 10.6 Å². The van der Waals surface area contributed by atoms with Gasteiger partial charge in [0, 0.05) is 32.0 Å². The summed E-state index contributed by atoms with van der Waals surface area (Å²) >= 11 is 0. The average Bonchev–Trinajstić information content (AvgIpc) is 3.29. The summed E-state index contributed by atoms with van der Waals surface area (Å²) in [5, 5.41) is 15.0. The zero-order chi connectivity index (χ0) is 24.6. The smallest absolute Gasteiger partial charge is 0.407 e. The summed E-state index contributed by atoms with van der Waals surface area (Å²) in [5.41, 5.74) is 3.98. The molecule has 3 aliphatic rings. The summed E-state index contributed by atoms with van der Waals surface area (Å²) in [6, 6.07) is 16.1. The topological polar surface area (TPSA) is 114 Å². The Labute approximate surface area is 204 Å². The van der Waals surface area contributed by atoms with Crippen molar-refractivity contribution in [2.75, 3.05) is 20.3 Å². The quantitative estimate of drug-likeness (QED) is 0.510. The van der Waals surface area contributed by atoms with Gasteiger partial charge in [-0.15, -0.1) is 0 Å². The number of amides is 2. The maximum atomic E-state index is 12.6. The Morgan fingerprint density at radius 1 is 1.06 bits per heavy atom. The molecule has 4 atom stereocenters. The molecule has 2 aromatic carbocycles. The third kappa shape index (κ3) is 4.38. The maximum Gasteiger partial charge on any atom is 0.407 e. The fourth-order valence-corrected chi connectivity index (χ4v) is 5.87. The molecule has 3 aliphatic carbocycles. The number of rotatable bonds is 9. The van der Waals surface area contributed by atoms with Gasteiger partial charge >= 0.3 is 12.1 Å². The molecule has 8 heteroatoms. The molecule has 4 unspecified atom stereocenters. The first-order valence-corrected chi connectivity index (χ1v) is 12.1. The van der Waals surface area contributed by atoms with Gasteiger partial charge in [0.25, 0.3) is 0 Å². The van der Waals surface area contributed by atoms with E-state index in [0.29, 0.717) is 19.3 Å². The Hall–Kier alpha value is -3.39. The highest BCUT2D eigenvalue weighted by molar-refractivity contribution is 5.83. The number of fused-ring (bicyclic) bond motifs is 4. The molecular formula is C27H30N2O6. The third-order valence-corrected chi connectivity index (χ3v) is 7.78. The third-order valence-electron chi connectivity index (χ3n) is 7.78. The minimum absolute atomic E-state index is 0.0163. The number of carbonyl (C=O) groups excluding carboxylic acids is 2. The second kappa shape index (κ2) is 9.34. The van der Waals surface area contributed by atoms with Crippen molar-refractivity contribution in [1.29, 1.82) is 0 Å². The van der Waals surface area contributed by atoms with Gasteiger partial charge in [0.2, 0.25) is 5.91 Å². The van der Waals surface area contributed by atoms with E-state index < -0.39 is 23.6 Å². The average molecular weight is 479 g/mol. The second-order valence-electron chi connectivity index (χ2n) is 9.77. The van der Waals surface area contributed by atoms with E-state index in [1.165, 1.54) is 18.2 Å². The first-order valence-electron chi connectivity index (χ1n) is 12.1. The van der Waals surface area contributed by atoms with Crippen LogP contribution in [0.2, 0.25) is 0 Å². The van der Waals surface area contributed by atoms with Crippen molar-refractivity contribution in [1.82, 2.24) is 10.6 Å². The van der Waals surface area contributed by atoms with Crippen LogP contribution in [0.1, 0.15) is 42.7 Å². The van der Waals surface area contributed by atoms with E-state index in [2.05, 4.69) is 34.9 Å². The van der Waals surface area contributed by atoms with Crippen molar-refractivity contribution < 1.29 is 29.0 Å². The summed E-state index contributed by atoms with van der Waals surface area (Å²) in [6.45, 7) is 0.442. The number of methoxy groups -OCH3 is 1. The molecule has 0 radical (unpaired) electrons. The predicted octanol–water partition coefficient (Wildman–Crippen LogP) is 3.30. The molecule has 0 bridgehead atoms. The summed E-state index contributed by atoms with van der Waals surface area (Å²) in [7, 11) is 1.45. The summed E-state index contributed by atoms with van der Waals surface area (Å²) < 4.78 is 10.8. The van der Waals surface area contributed by atoms with Gasteiger partial charge in [0.1, 0.15) is 12.7 Å². The van der Waals surface area contributed by atoms with Gasteiger partial charge in [-0.1, -0.05) is 48.5 Å². The normalized spacial score (nSPS) is 24.6. The number of ether oxygens (including phenoxy) is 2. The molecule has 0 aliphatic heterocycles. The molecule has 0 spiro atoms. The van der Waals surface area contributed by atoms with Gasteiger partial charge in [-0.05, 0) is 47.4 Å². The summed E-state index contributed by atoms with van der Waals surface area (Å²) in [6.07, 6.45) is 0.863. The van der Waals surface area contributed by atoms with Crippen LogP contribution in [0.4, 0.5) is 4.79 Å². The maximum absolute atomic E-state index is 12.6. The molecule has 8 nitrogen and oxygen atoms in total. The Kier molecular flexibility index (Phi) is 6.23. The largest absolute Gasteiger partial charge is 0.481 e. The van der Waals surface area contributed by atoms with Gasteiger partial charge in [-0.2, -0.15) is 0 Å². The zero-order valence-corrected chi connectivity index (χ0v) is 19.7. The molecule has 0 saturated heterocycles. The summed E-state index contributed by atoms with van der Waals surface area (Å²) in [4.78, 5) is 36.4. The van der Waals surface area contributed by atoms with Gasteiger partial charge < -0.3 is 25.2 Å². The Morgan fingerprint density at radius 2 is 1.71 bits per heavy atom. The number of nitrogens with one attached hydrogen (secondary N) is 2. The number of carboxylic acid groups (broad SMARTS) is 1. The lowest BCUT2D eigenvalue weighted by Gasteiger charge is -2.21. The van der Waals surface area contributed by atoms with Gasteiger partial charge in [-0.3, -0.25) is 9.59 Å². The van der Waals surface area contributed by atoms with Crippen molar-refractivity contribution in [2.45, 2.75) is 43.7 Å². The van der Waals surface area contributed by atoms with Crippen LogP contribution in [-0.2, 0) is 19.1 Å². The Morgan fingerprint density at radius 3 is 2.31 bits per heavy atom. The molecule has 2 fully saturated rings. The van der Waals surface area contributed by atoms with Crippen LogP contribution in [-0.4, -0.2) is 55.5 Å². The number of carbonyl (C=O) groups is 3. The standard InChI is InChI=1S/C27H30N2O6/c1-34-23(24(30)29-17-12-16-13-27(16,14-17)25(31)32)10-11-28-26(33)35-15-22-20-8-4-2-6-18(20)19-7-3-5-9-21(19)22/h2-9,16-17,22-23H,10-15H2,1H3,(H,28,33)(H,29,30)(H,31,32). The monoisotopic (exact) mass is 478 g/mol. The minimum Gasteiger partial charge on any atom is -0.481 e. The van der Waals surface area contributed by atoms with Crippen LogP contribution in [0, 0.1) is 11.3 Å². The van der Waals surface area contributed by atoms with E-state index in [-0.39, 0.29) is 43.4 Å². The van der Waals surface area contributed by atoms with E-state index in [1.807, 2.05) is 24.3 Å². The molecule has 2 saturated carbocycles. The number of alkyl carbamates (subject to hydrolysis) is 1. The molecule has 35 heavy (non-hydrogen) atoms. The fourth-order valence-electron chi connectivity index (χ4n) is 5.87. The van der Waals surface area contributed by atoms with E-state index in [1.54, 1.807) is 0 Å². The van der Waals surface area contributed by atoms with E-state index in [0.717, 1.165) is 11.1 Å². The fraction of sp³-hybridized carbons (Fsp3) is 0.444. The first-order chi connectivity index (χ1) is 16.9. The highest BCUT2D eigenvalue weighted by atomic mass is 16.5. The number of carboxylic acids is 1. The molecule has 184 valence electrons. The van der Waals surface area contributed by atoms with Crippen LogP contribution in [0.5, 0.6) is 0 Å². The van der Waals surface area contributed by atoms with Crippen molar-refractivity contribution in [2.24, 2.45) is 11.3 Å². The van der Waals surface area contributed by atoms with E-state index in [4.69, 9.17) is 9.47 Å². The highest BCUT2D eigenvalue weighted by Gasteiger charge is 2.65. The lowest BCUT2D eigenvalue weighted by atomic mass is 9.98. The molecule has 0 heterocycles. The van der Waals surface area contributed by atoms with Gasteiger partial charge in [0.05, 0.1) is 5.41 Å². The molecule has 2 amide bonds. The summed E-state index contributed by atoms with van der Waals surface area (Å²) in [5.74, 6) is -0.914. The van der Waals surface area contributed by atoms with Gasteiger partial charge in [-0.25, -0.2) is 4.79 Å². The second-order valence-corrected chi connectivity index (χ2v) is 9.77.